The third kappa shape index (κ3) is 7.24. The molecule has 0 saturated carbocycles. The second-order valence-electron chi connectivity index (χ2n) is 4.73. The van der Waals surface area contributed by atoms with Crippen LogP contribution in [-0.4, -0.2) is 17.0 Å². The Kier molecular flexibility index (Phi) is 6.64. The van der Waals surface area contributed by atoms with E-state index in [0.717, 1.165) is 30.5 Å². The Balaban J connectivity index is 2.13. The van der Waals surface area contributed by atoms with E-state index in [2.05, 4.69) is 5.32 Å². The first-order valence-electron chi connectivity index (χ1n) is 6.66. The summed E-state index contributed by atoms with van der Waals surface area (Å²) in [5.74, 6) is -0.735. The molecule has 1 amide bonds. The minimum absolute atomic E-state index is 0.0174. The summed E-state index contributed by atoms with van der Waals surface area (Å²) in [6.45, 7) is 1.98. The molecule has 0 radical (unpaired) electrons. The van der Waals surface area contributed by atoms with Gasteiger partial charge in [0.1, 0.15) is 0 Å². The van der Waals surface area contributed by atoms with Gasteiger partial charge in [0, 0.05) is 18.5 Å². The molecule has 0 atom stereocenters. The van der Waals surface area contributed by atoms with Crippen LogP contribution in [0.5, 0.6) is 0 Å². The number of aryl methyl sites for hydroxylation is 1. The molecule has 0 aliphatic rings. The smallest absolute Gasteiger partial charge is 0.303 e. The van der Waals surface area contributed by atoms with Gasteiger partial charge < -0.3 is 10.4 Å². The summed E-state index contributed by atoms with van der Waals surface area (Å²) in [4.78, 5) is 22.0. The molecule has 0 aliphatic carbocycles. The molecule has 1 aromatic carbocycles. The highest BCUT2D eigenvalue weighted by Gasteiger charge is 2.02. The minimum Gasteiger partial charge on any atom is -0.481 e. The maximum atomic E-state index is 11.7. The Labute approximate surface area is 113 Å². The first-order valence-corrected chi connectivity index (χ1v) is 6.66. The van der Waals surface area contributed by atoms with E-state index in [4.69, 9.17) is 5.11 Å². The van der Waals surface area contributed by atoms with Crippen molar-refractivity contribution in [1.82, 2.24) is 0 Å². The predicted octanol–water partition coefficient (Wildman–Crippen LogP) is 3.36. The van der Waals surface area contributed by atoms with E-state index in [1.165, 1.54) is 0 Å². The zero-order valence-corrected chi connectivity index (χ0v) is 11.3. The van der Waals surface area contributed by atoms with Crippen molar-refractivity contribution in [1.29, 1.82) is 0 Å². The highest BCUT2D eigenvalue weighted by Crippen LogP contribution is 2.11. The van der Waals surface area contributed by atoms with E-state index < -0.39 is 5.97 Å². The highest BCUT2D eigenvalue weighted by atomic mass is 16.4. The van der Waals surface area contributed by atoms with Crippen molar-refractivity contribution in [3.8, 4) is 0 Å². The lowest BCUT2D eigenvalue weighted by atomic mass is 10.1. The van der Waals surface area contributed by atoms with Gasteiger partial charge in [-0.2, -0.15) is 0 Å². The number of carboxylic acids is 1. The monoisotopic (exact) mass is 263 g/mol. The third-order valence-corrected chi connectivity index (χ3v) is 2.85. The number of hydrogen-bond donors (Lipinski definition) is 2. The normalized spacial score (nSPS) is 10.2. The SMILES string of the molecule is Cc1cccc(NC(=O)CCCCCCC(=O)O)c1. The number of hydrogen-bond acceptors (Lipinski definition) is 2. The van der Waals surface area contributed by atoms with Gasteiger partial charge in [0.2, 0.25) is 5.91 Å². The van der Waals surface area contributed by atoms with Crippen molar-refractivity contribution in [2.75, 3.05) is 5.32 Å². The van der Waals surface area contributed by atoms with Gasteiger partial charge in [0.25, 0.3) is 0 Å². The second kappa shape index (κ2) is 8.29. The van der Waals surface area contributed by atoms with Gasteiger partial charge >= 0.3 is 5.97 Å². The highest BCUT2D eigenvalue weighted by molar-refractivity contribution is 5.90. The quantitative estimate of drug-likeness (QED) is 0.707. The fourth-order valence-electron chi connectivity index (χ4n) is 1.86. The predicted molar refractivity (Wildman–Crippen MR) is 75.1 cm³/mol. The molecular weight excluding hydrogens is 242 g/mol. The van der Waals surface area contributed by atoms with Crippen LogP contribution in [0.3, 0.4) is 0 Å². The van der Waals surface area contributed by atoms with E-state index in [0.29, 0.717) is 12.8 Å². The van der Waals surface area contributed by atoms with Crippen LogP contribution in [0, 0.1) is 6.92 Å². The summed E-state index contributed by atoms with van der Waals surface area (Å²) in [6.07, 6.45) is 3.96. The maximum absolute atomic E-state index is 11.7. The number of carbonyl (C=O) groups excluding carboxylic acids is 1. The van der Waals surface area contributed by atoms with Gasteiger partial charge in [0.15, 0.2) is 0 Å². The Morgan fingerprint density at radius 1 is 1.11 bits per heavy atom. The van der Waals surface area contributed by atoms with Crippen LogP contribution in [0.15, 0.2) is 24.3 Å². The third-order valence-electron chi connectivity index (χ3n) is 2.85. The first kappa shape index (κ1) is 15.2. The summed E-state index contributed by atoms with van der Waals surface area (Å²) in [6, 6.07) is 7.71. The molecule has 4 nitrogen and oxygen atoms in total. The molecule has 0 aromatic heterocycles. The van der Waals surface area contributed by atoms with E-state index in [1.807, 2.05) is 31.2 Å². The van der Waals surface area contributed by atoms with Gasteiger partial charge in [-0.3, -0.25) is 9.59 Å². The molecule has 0 fully saturated rings. The number of amides is 1. The number of aliphatic carboxylic acids is 1. The molecule has 0 heterocycles. The number of carbonyl (C=O) groups is 2. The van der Waals surface area contributed by atoms with Crippen molar-refractivity contribution < 1.29 is 14.7 Å². The topological polar surface area (TPSA) is 66.4 Å². The van der Waals surface area contributed by atoms with Gasteiger partial charge in [-0.05, 0) is 37.5 Å². The van der Waals surface area contributed by atoms with Crippen molar-refractivity contribution in [2.45, 2.75) is 45.4 Å². The van der Waals surface area contributed by atoms with Crippen molar-refractivity contribution in [2.24, 2.45) is 0 Å². The number of nitrogens with one attached hydrogen (secondary N) is 1. The van der Waals surface area contributed by atoms with Crippen LogP contribution in [-0.2, 0) is 9.59 Å². The van der Waals surface area contributed by atoms with Crippen LogP contribution in [0.2, 0.25) is 0 Å². The molecule has 1 rings (SSSR count). The fourth-order valence-corrected chi connectivity index (χ4v) is 1.86. The molecule has 0 saturated heterocycles. The summed E-state index contributed by atoms with van der Waals surface area (Å²) >= 11 is 0. The molecule has 2 N–H and O–H groups in total. The molecular formula is C15H21NO3. The lowest BCUT2D eigenvalue weighted by Crippen LogP contribution is -2.11. The van der Waals surface area contributed by atoms with Gasteiger partial charge in [-0.15, -0.1) is 0 Å². The van der Waals surface area contributed by atoms with Crippen molar-refractivity contribution in [3.05, 3.63) is 29.8 Å². The summed E-state index contributed by atoms with van der Waals surface area (Å²) < 4.78 is 0. The molecule has 19 heavy (non-hydrogen) atoms. The number of rotatable bonds is 8. The zero-order chi connectivity index (χ0) is 14.1. The largest absolute Gasteiger partial charge is 0.481 e. The van der Waals surface area contributed by atoms with E-state index in [-0.39, 0.29) is 12.3 Å². The molecule has 1 aromatic rings. The van der Waals surface area contributed by atoms with E-state index in [9.17, 15) is 9.59 Å². The fraction of sp³-hybridized carbons (Fsp3) is 0.467. The molecule has 0 aliphatic heterocycles. The number of anilines is 1. The zero-order valence-electron chi connectivity index (χ0n) is 11.3. The van der Waals surface area contributed by atoms with Crippen molar-refractivity contribution >= 4 is 17.6 Å². The molecule has 0 bridgehead atoms. The average Bonchev–Trinajstić information content (AvgIpc) is 2.33. The lowest BCUT2D eigenvalue weighted by Gasteiger charge is -2.05. The summed E-state index contributed by atoms with van der Waals surface area (Å²) in [5.41, 5.74) is 1.95. The van der Waals surface area contributed by atoms with Crippen LogP contribution in [0.4, 0.5) is 5.69 Å². The average molecular weight is 263 g/mol. The Morgan fingerprint density at radius 3 is 2.42 bits per heavy atom. The van der Waals surface area contributed by atoms with Crippen LogP contribution in [0.25, 0.3) is 0 Å². The molecule has 104 valence electrons. The second-order valence-corrected chi connectivity index (χ2v) is 4.73. The van der Waals surface area contributed by atoms with Gasteiger partial charge in [-0.1, -0.05) is 25.0 Å². The Hall–Kier alpha value is -1.84. The molecule has 0 spiro atoms. The van der Waals surface area contributed by atoms with Crippen LogP contribution >= 0.6 is 0 Å². The van der Waals surface area contributed by atoms with Gasteiger partial charge in [-0.25, -0.2) is 0 Å². The maximum Gasteiger partial charge on any atom is 0.303 e. The Morgan fingerprint density at radius 2 is 1.79 bits per heavy atom. The molecule has 0 unspecified atom stereocenters. The summed E-state index contributed by atoms with van der Waals surface area (Å²) in [5, 5.41) is 11.3. The first-order chi connectivity index (χ1) is 9.08. The number of carboxylic acid groups (broad SMARTS) is 1. The summed E-state index contributed by atoms with van der Waals surface area (Å²) in [7, 11) is 0. The van der Waals surface area contributed by atoms with Gasteiger partial charge in [0.05, 0.1) is 0 Å². The van der Waals surface area contributed by atoms with E-state index in [1.54, 1.807) is 0 Å². The standard InChI is InChI=1S/C15H21NO3/c1-12-7-6-8-13(11-12)16-14(17)9-4-2-3-5-10-15(18)19/h6-8,11H,2-5,9-10H2,1H3,(H,16,17)(H,18,19). The molecule has 4 heteroatoms. The Bertz CT molecular complexity index is 429. The van der Waals surface area contributed by atoms with E-state index >= 15 is 0 Å². The van der Waals surface area contributed by atoms with Crippen LogP contribution in [0.1, 0.15) is 44.1 Å². The van der Waals surface area contributed by atoms with Crippen LogP contribution < -0.4 is 5.32 Å². The van der Waals surface area contributed by atoms with Crippen molar-refractivity contribution in [3.63, 3.8) is 0 Å². The number of benzene rings is 1. The lowest BCUT2D eigenvalue weighted by molar-refractivity contribution is -0.137. The number of unbranched alkanes of at least 4 members (excludes halogenated alkanes) is 3. The minimum atomic E-state index is -0.753.